The highest BCUT2D eigenvalue weighted by Crippen LogP contribution is 2.29. The number of ether oxygens (including phenoxy) is 3. The molecule has 0 saturated carbocycles. The van der Waals surface area contributed by atoms with Gasteiger partial charge in [0, 0.05) is 35.0 Å². The zero-order valence-corrected chi connectivity index (χ0v) is 18.2. The zero-order valence-electron chi connectivity index (χ0n) is 18.2. The van der Waals surface area contributed by atoms with Crippen LogP contribution >= 0.6 is 0 Å². The molecule has 3 aromatic rings. The van der Waals surface area contributed by atoms with Crippen LogP contribution in [0.4, 0.5) is 0 Å². The van der Waals surface area contributed by atoms with E-state index in [2.05, 4.69) is 4.57 Å². The smallest absolute Gasteiger partial charge is 0.375 e. The number of rotatable bonds is 8. The number of nitrogens with zero attached hydrogens (tertiary/aromatic N) is 1. The average molecular weight is 413 g/mol. The van der Waals surface area contributed by atoms with Crippen molar-refractivity contribution in [1.29, 1.82) is 0 Å². The summed E-state index contributed by atoms with van der Waals surface area (Å²) in [5.74, 6) is -0.176. The van der Waals surface area contributed by atoms with E-state index in [9.17, 15) is 9.59 Å². The lowest BCUT2D eigenvalue weighted by Gasteiger charge is -2.17. The molecule has 0 amide bonds. The van der Waals surface area contributed by atoms with E-state index in [1.807, 2.05) is 26.8 Å². The number of aryl methyl sites for hydroxylation is 2. The Morgan fingerprint density at radius 1 is 1.13 bits per heavy atom. The Bertz CT molecular complexity index is 1090. The van der Waals surface area contributed by atoms with Crippen molar-refractivity contribution in [2.75, 3.05) is 27.4 Å². The third-order valence-corrected chi connectivity index (χ3v) is 5.30. The van der Waals surface area contributed by atoms with Crippen LogP contribution in [0.15, 0.2) is 28.7 Å². The van der Waals surface area contributed by atoms with Crippen LogP contribution in [-0.2, 0) is 9.47 Å². The quantitative estimate of drug-likeness (QED) is 0.402. The van der Waals surface area contributed by atoms with Gasteiger partial charge in [0.1, 0.15) is 11.3 Å². The van der Waals surface area contributed by atoms with Crippen LogP contribution in [0, 0.1) is 20.8 Å². The molecule has 0 N–H and O–H groups in total. The highest BCUT2D eigenvalue weighted by Gasteiger charge is 2.23. The van der Waals surface area contributed by atoms with Gasteiger partial charge in [-0.05, 0) is 52.0 Å². The molecular weight excluding hydrogens is 386 g/mol. The minimum absolute atomic E-state index is 0.0882. The Morgan fingerprint density at radius 2 is 1.87 bits per heavy atom. The van der Waals surface area contributed by atoms with Gasteiger partial charge in [-0.15, -0.1) is 0 Å². The van der Waals surface area contributed by atoms with Gasteiger partial charge in [0.15, 0.2) is 6.61 Å². The highest BCUT2D eigenvalue weighted by atomic mass is 16.5. The standard InChI is InChI=1S/C23H27NO6/c1-13-9-19(16(4)24(13)14(2)11-27-5)20(25)12-29-23(26)22-15(3)18-10-17(28-6)7-8-21(18)30-22/h7-10,14H,11-12H2,1-6H3/t14-/m0/s1. The summed E-state index contributed by atoms with van der Waals surface area (Å²) in [6.45, 7) is 7.79. The van der Waals surface area contributed by atoms with Crippen molar-refractivity contribution in [1.82, 2.24) is 4.57 Å². The van der Waals surface area contributed by atoms with Crippen LogP contribution in [0.1, 0.15) is 50.8 Å². The number of furan rings is 1. The predicted octanol–water partition coefficient (Wildman–Crippen LogP) is 4.42. The van der Waals surface area contributed by atoms with Gasteiger partial charge in [0.25, 0.3) is 0 Å². The molecular formula is C23H27NO6. The van der Waals surface area contributed by atoms with Crippen LogP contribution in [-0.4, -0.2) is 43.8 Å². The lowest BCUT2D eigenvalue weighted by molar-refractivity contribution is 0.0445. The first-order valence-electron chi connectivity index (χ1n) is 9.73. The average Bonchev–Trinajstić information content (AvgIpc) is 3.21. The summed E-state index contributed by atoms with van der Waals surface area (Å²) in [5.41, 5.74) is 3.52. The number of fused-ring (bicyclic) bond motifs is 1. The lowest BCUT2D eigenvalue weighted by Crippen LogP contribution is -2.17. The molecule has 0 aliphatic heterocycles. The third kappa shape index (κ3) is 3.98. The van der Waals surface area contributed by atoms with Crippen molar-refractivity contribution in [3.05, 3.63) is 52.5 Å². The number of carbonyl (C=O) groups excluding carboxylic acids is 2. The summed E-state index contributed by atoms with van der Waals surface area (Å²) in [6.07, 6.45) is 0. The fourth-order valence-electron chi connectivity index (χ4n) is 3.85. The second kappa shape index (κ2) is 8.75. The van der Waals surface area contributed by atoms with Crippen LogP contribution < -0.4 is 4.74 Å². The van der Waals surface area contributed by atoms with Gasteiger partial charge in [0.05, 0.1) is 19.8 Å². The largest absolute Gasteiger partial charge is 0.497 e. The maximum Gasteiger partial charge on any atom is 0.375 e. The van der Waals surface area contributed by atoms with Crippen molar-refractivity contribution >= 4 is 22.7 Å². The molecule has 0 saturated heterocycles. The first kappa shape index (κ1) is 21.6. The number of aromatic nitrogens is 1. The molecule has 0 spiro atoms. The van der Waals surface area contributed by atoms with Crippen LogP contribution in [0.2, 0.25) is 0 Å². The van der Waals surface area contributed by atoms with E-state index in [0.717, 1.165) is 16.8 Å². The molecule has 0 bridgehead atoms. The van der Waals surface area contributed by atoms with Crippen LogP contribution in [0.25, 0.3) is 11.0 Å². The number of benzene rings is 1. The van der Waals surface area contributed by atoms with Gasteiger partial charge in [-0.3, -0.25) is 4.79 Å². The normalized spacial score (nSPS) is 12.2. The van der Waals surface area contributed by atoms with Crippen molar-refractivity contribution in [2.24, 2.45) is 0 Å². The molecule has 7 heteroatoms. The molecule has 0 unspecified atom stereocenters. The van der Waals surface area contributed by atoms with E-state index in [1.54, 1.807) is 39.3 Å². The zero-order chi connectivity index (χ0) is 22.0. The maximum atomic E-state index is 12.7. The molecule has 1 aromatic carbocycles. The predicted molar refractivity (Wildman–Crippen MR) is 113 cm³/mol. The summed E-state index contributed by atoms with van der Waals surface area (Å²) in [4.78, 5) is 25.3. The molecule has 0 aliphatic rings. The van der Waals surface area contributed by atoms with Crippen molar-refractivity contribution in [3.8, 4) is 5.75 Å². The van der Waals surface area contributed by atoms with Gasteiger partial charge >= 0.3 is 5.97 Å². The molecule has 0 fully saturated rings. The summed E-state index contributed by atoms with van der Waals surface area (Å²) in [7, 11) is 3.22. The number of hydrogen-bond acceptors (Lipinski definition) is 6. The van der Waals surface area contributed by atoms with Crippen molar-refractivity contribution in [3.63, 3.8) is 0 Å². The van der Waals surface area contributed by atoms with Crippen molar-refractivity contribution < 1.29 is 28.2 Å². The minimum atomic E-state index is -0.669. The van der Waals surface area contributed by atoms with E-state index in [4.69, 9.17) is 18.6 Å². The Labute approximate surface area is 175 Å². The maximum absolute atomic E-state index is 12.7. The number of esters is 1. The molecule has 1 atom stereocenters. The van der Waals surface area contributed by atoms with E-state index in [-0.39, 0.29) is 24.2 Å². The van der Waals surface area contributed by atoms with Crippen molar-refractivity contribution in [2.45, 2.75) is 33.7 Å². The van der Waals surface area contributed by atoms with Gasteiger partial charge in [-0.2, -0.15) is 0 Å². The summed E-state index contributed by atoms with van der Waals surface area (Å²) < 4.78 is 23.4. The Balaban J connectivity index is 1.75. The monoisotopic (exact) mass is 413 g/mol. The minimum Gasteiger partial charge on any atom is -0.497 e. The Kier molecular flexibility index (Phi) is 6.31. The number of ketones is 1. The highest BCUT2D eigenvalue weighted by molar-refractivity contribution is 6.01. The fourth-order valence-corrected chi connectivity index (χ4v) is 3.85. The molecule has 7 nitrogen and oxygen atoms in total. The van der Waals surface area contributed by atoms with E-state index in [0.29, 0.717) is 29.1 Å². The lowest BCUT2D eigenvalue weighted by atomic mass is 10.1. The SMILES string of the molecule is COC[C@H](C)n1c(C)cc(C(=O)COC(=O)c2oc3ccc(OC)cc3c2C)c1C. The van der Waals surface area contributed by atoms with Gasteiger partial charge in [-0.1, -0.05) is 0 Å². The number of carbonyl (C=O) groups is 2. The number of Topliss-reactive ketones (excluding diaryl/α,β-unsaturated/α-hetero) is 1. The van der Waals surface area contributed by atoms with Crippen LogP contribution in [0.5, 0.6) is 5.75 Å². The second-order valence-electron chi connectivity index (χ2n) is 7.38. The molecule has 0 radical (unpaired) electrons. The number of hydrogen-bond donors (Lipinski definition) is 0. The first-order valence-corrected chi connectivity index (χ1v) is 9.73. The second-order valence-corrected chi connectivity index (χ2v) is 7.38. The summed E-state index contributed by atoms with van der Waals surface area (Å²) in [6, 6.07) is 7.20. The van der Waals surface area contributed by atoms with E-state index >= 15 is 0 Å². The Hall–Kier alpha value is -3.06. The van der Waals surface area contributed by atoms with Gasteiger partial charge in [-0.25, -0.2) is 4.79 Å². The van der Waals surface area contributed by atoms with E-state index < -0.39 is 5.97 Å². The third-order valence-electron chi connectivity index (χ3n) is 5.30. The molecule has 2 aromatic heterocycles. The Morgan fingerprint density at radius 3 is 2.53 bits per heavy atom. The van der Waals surface area contributed by atoms with Gasteiger partial charge < -0.3 is 23.2 Å². The van der Waals surface area contributed by atoms with Crippen LogP contribution in [0.3, 0.4) is 0 Å². The molecule has 30 heavy (non-hydrogen) atoms. The first-order chi connectivity index (χ1) is 14.3. The molecule has 160 valence electrons. The summed E-state index contributed by atoms with van der Waals surface area (Å²) in [5, 5.41) is 0.767. The van der Waals surface area contributed by atoms with E-state index in [1.165, 1.54) is 0 Å². The summed E-state index contributed by atoms with van der Waals surface area (Å²) >= 11 is 0. The molecule has 3 rings (SSSR count). The number of methoxy groups -OCH3 is 2. The van der Waals surface area contributed by atoms with Gasteiger partial charge in [0.2, 0.25) is 11.5 Å². The molecule has 2 heterocycles. The molecule has 0 aliphatic carbocycles. The topological polar surface area (TPSA) is 79.9 Å². The fraction of sp³-hybridized carbons (Fsp3) is 0.391.